The number of hydrogen-bond donors (Lipinski definition) is 1. The Balaban J connectivity index is 0.00000225. The van der Waals surface area contributed by atoms with E-state index in [-0.39, 0.29) is 42.1 Å². The fourth-order valence-electron chi connectivity index (χ4n) is 4.21. The van der Waals surface area contributed by atoms with Crippen molar-refractivity contribution in [1.29, 1.82) is 0 Å². The predicted molar refractivity (Wildman–Crippen MR) is 111 cm³/mol. The van der Waals surface area contributed by atoms with Gasteiger partial charge in [-0.3, -0.25) is 9.59 Å². The largest absolute Gasteiger partial charge is 0.340 e. The SMILES string of the molecule is Cl.N[C@@H]1CN(C(=O)C2CC(=O)N(Cc3ccccc3)C2)C[C@H]1c1ccccc1. The van der Waals surface area contributed by atoms with Crippen LogP contribution < -0.4 is 5.73 Å². The zero-order valence-electron chi connectivity index (χ0n) is 15.7. The number of benzene rings is 2. The van der Waals surface area contributed by atoms with Crippen LogP contribution in [0, 0.1) is 5.92 Å². The Morgan fingerprint density at radius 2 is 1.61 bits per heavy atom. The maximum atomic E-state index is 13.0. The van der Waals surface area contributed by atoms with Crippen LogP contribution >= 0.6 is 12.4 Å². The minimum atomic E-state index is -0.261. The molecule has 2 heterocycles. The second-order valence-electron chi connectivity index (χ2n) is 7.59. The smallest absolute Gasteiger partial charge is 0.228 e. The molecule has 2 aliphatic rings. The van der Waals surface area contributed by atoms with Gasteiger partial charge in [0.2, 0.25) is 11.8 Å². The van der Waals surface area contributed by atoms with Gasteiger partial charge in [0.15, 0.2) is 0 Å². The molecular weight excluding hydrogens is 374 g/mol. The molecule has 1 unspecified atom stereocenters. The summed E-state index contributed by atoms with van der Waals surface area (Å²) < 4.78 is 0. The van der Waals surface area contributed by atoms with Crippen molar-refractivity contribution >= 4 is 24.2 Å². The zero-order chi connectivity index (χ0) is 18.8. The average Bonchev–Trinajstić information content (AvgIpc) is 3.26. The summed E-state index contributed by atoms with van der Waals surface area (Å²) in [4.78, 5) is 29.0. The van der Waals surface area contributed by atoms with Crippen molar-refractivity contribution < 1.29 is 9.59 Å². The van der Waals surface area contributed by atoms with E-state index in [2.05, 4.69) is 12.1 Å². The molecule has 2 aliphatic heterocycles. The molecule has 0 aliphatic carbocycles. The first-order valence-electron chi connectivity index (χ1n) is 9.53. The summed E-state index contributed by atoms with van der Waals surface area (Å²) in [6.07, 6.45) is 0.299. The van der Waals surface area contributed by atoms with Gasteiger partial charge >= 0.3 is 0 Å². The monoisotopic (exact) mass is 399 g/mol. The number of halogens is 1. The Labute approximate surface area is 171 Å². The summed E-state index contributed by atoms with van der Waals surface area (Å²) in [5, 5.41) is 0. The van der Waals surface area contributed by atoms with Gasteiger partial charge < -0.3 is 15.5 Å². The van der Waals surface area contributed by atoms with Crippen LogP contribution in [-0.4, -0.2) is 47.3 Å². The maximum Gasteiger partial charge on any atom is 0.228 e. The van der Waals surface area contributed by atoms with Crippen LogP contribution in [-0.2, 0) is 16.1 Å². The minimum Gasteiger partial charge on any atom is -0.340 e. The summed E-state index contributed by atoms with van der Waals surface area (Å²) in [7, 11) is 0. The minimum absolute atomic E-state index is 0. The van der Waals surface area contributed by atoms with Gasteiger partial charge in [-0.15, -0.1) is 12.4 Å². The molecule has 2 aromatic carbocycles. The van der Waals surface area contributed by atoms with Crippen molar-refractivity contribution in [2.75, 3.05) is 19.6 Å². The van der Waals surface area contributed by atoms with Crippen molar-refractivity contribution in [3.8, 4) is 0 Å². The summed E-state index contributed by atoms with van der Waals surface area (Å²) >= 11 is 0. The van der Waals surface area contributed by atoms with Crippen molar-refractivity contribution in [1.82, 2.24) is 9.80 Å². The molecule has 2 fully saturated rings. The third-order valence-corrected chi connectivity index (χ3v) is 5.68. The molecule has 0 spiro atoms. The van der Waals surface area contributed by atoms with E-state index in [0.29, 0.717) is 32.6 Å². The lowest BCUT2D eigenvalue weighted by atomic mass is 9.95. The molecule has 2 saturated heterocycles. The predicted octanol–water partition coefficient (Wildman–Crippen LogP) is 2.41. The van der Waals surface area contributed by atoms with Crippen molar-refractivity contribution in [2.24, 2.45) is 11.7 Å². The average molecular weight is 400 g/mol. The van der Waals surface area contributed by atoms with Crippen LogP contribution in [0.1, 0.15) is 23.5 Å². The molecule has 28 heavy (non-hydrogen) atoms. The fourth-order valence-corrected chi connectivity index (χ4v) is 4.21. The first-order valence-corrected chi connectivity index (χ1v) is 9.53. The fraction of sp³-hybridized carbons (Fsp3) is 0.364. The van der Waals surface area contributed by atoms with E-state index in [4.69, 9.17) is 5.73 Å². The van der Waals surface area contributed by atoms with Crippen molar-refractivity contribution in [2.45, 2.75) is 24.9 Å². The van der Waals surface area contributed by atoms with Gasteiger partial charge in [-0.2, -0.15) is 0 Å². The first-order chi connectivity index (χ1) is 13.1. The van der Waals surface area contributed by atoms with Crippen LogP contribution in [0.3, 0.4) is 0 Å². The van der Waals surface area contributed by atoms with E-state index in [1.807, 2.05) is 53.4 Å². The number of carbonyl (C=O) groups excluding carboxylic acids is 2. The second kappa shape index (κ2) is 8.76. The number of nitrogens with two attached hydrogens (primary N) is 1. The maximum absolute atomic E-state index is 13.0. The zero-order valence-corrected chi connectivity index (χ0v) is 16.6. The number of amides is 2. The number of rotatable bonds is 4. The molecule has 0 radical (unpaired) electrons. The first kappa shape index (κ1) is 20.4. The molecule has 0 saturated carbocycles. The molecule has 0 aromatic heterocycles. The van der Waals surface area contributed by atoms with Crippen LogP contribution in [0.2, 0.25) is 0 Å². The van der Waals surface area contributed by atoms with Crippen molar-refractivity contribution in [3.05, 3.63) is 71.8 Å². The molecule has 2 N–H and O–H groups in total. The summed E-state index contributed by atoms with van der Waals surface area (Å²) in [5.74, 6) is 0.0173. The molecule has 0 bridgehead atoms. The Kier molecular flexibility index (Phi) is 6.37. The van der Waals surface area contributed by atoms with Gasteiger partial charge in [-0.25, -0.2) is 0 Å². The highest BCUT2D eigenvalue weighted by molar-refractivity contribution is 5.89. The van der Waals surface area contributed by atoms with E-state index in [9.17, 15) is 9.59 Å². The normalized spacial score (nSPS) is 24.3. The number of hydrogen-bond acceptors (Lipinski definition) is 3. The standard InChI is InChI=1S/C22H25N3O2.ClH/c23-20-15-25(14-19(20)17-9-5-2-6-10-17)22(27)18-11-21(26)24(13-18)12-16-7-3-1-4-8-16;/h1-10,18-20H,11-15,23H2;1H/t18?,19-,20+;/m0./s1. The Bertz CT molecular complexity index is 815. The van der Waals surface area contributed by atoms with E-state index in [1.54, 1.807) is 4.90 Å². The molecule has 6 heteroatoms. The van der Waals surface area contributed by atoms with Crippen LogP contribution in [0.25, 0.3) is 0 Å². The van der Waals surface area contributed by atoms with Gasteiger partial charge in [0.25, 0.3) is 0 Å². The van der Waals surface area contributed by atoms with E-state index < -0.39 is 0 Å². The van der Waals surface area contributed by atoms with Crippen LogP contribution in [0.5, 0.6) is 0 Å². The molecular formula is C22H26ClN3O2. The summed E-state index contributed by atoms with van der Waals surface area (Å²) in [6.45, 7) is 2.25. The number of likely N-dealkylation sites (tertiary alicyclic amines) is 2. The second-order valence-corrected chi connectivity index (χ2v) is 7.59. The molecule has 3 atom stereocenters. The lowest BCUT2D eigenvalue weighted by molar-refractivity contribution is -0.134. The molecule has 2 amide bonds. The highest BCUT2D eigenvalue weighted by Crippen LogP contribution is 2.29. The summed E-state index contributed by atoms with van der Waals surface area (Å²) in [5.41, 5.74) is 8.59. The van der Waals surface area contributed by atoms with Crippen LogP contribution in [0.4, 0.5) is 0 Å². The molecule has 4 rings (SSSR count). The Hall–Kier alpha value is -2.37. The summed E-state index contributed by atoms with van der Waals surface area (Å²) in [6, 6.07) is 20.0. The Morgan fingerprint density at radius 1 is 0.964 bits per heavy atom. The lowest BCUT2D eigenvalue weighted by Crippen LogP contribution is -2.37. The topological polar surface area (TPSA) is 66.6 Å². The van der Waals surface area contributed by atoms with Gasteiger partial charge in [0.1, 0.15) is 0 Å². The van der Waals surface area contributed by atoms with E-state index >= 15 is 0 Å². The molecule has 148 valence electrons. The van der Waals surface area contributed by atoms with E-state index in [0.717, 1.165) is 5.56 Å². The van der Waals surface area contributed by atoms with Gasteiger partial charge in [0.05, 0.1) is 5.92 Å². The van der Waals surface area contributed by atoms with Gasteiger partial charge in [0, 0.05) is 44.6 Å². The highest BCUT2D eigenvalue weighted by Gasteiger charge is 2.40. The molecule has 5 nitrogen and oxygen atoms in total. The van der Waals surface area contributed by atoms with E-state index in [1.165, 1.54) is 5.56 Å². The van der Waals surface area contributed by atoms with Gasteiger partial charge in [-0.1, -0.05) is 60.7 Å². The van der Waals surface area contributed by atoms with Gasteiger partial charge in [-0.05, 0) is 11.1 Å². The number of carbonyl (C=O) groups is 2. The highest BCUT2D eigenvalue weighted by atomic mass is 35.5. The molecule has 2 aromatic rings. The third-order valence-electron chi connectivity index (χ3n) is 5.68. The van der Waals surface area contributed by atoms with Crippen molar-refractivity contribution in [3.63, 3.8) is 0 Å². The lowest BCUT2D eigenvalue weighted by Gasteiger charge is -2.21. The third kappa shape index (κ3) is 4.21. The quantitative estimate of drug-likeness (QED) is 0.858. The number of nitrogens with zero attached hydrogens (tertiary/aromatic N) is 2. The Morgan fingerprint density at radius 3 is 2.29 bits per heavy atom. The van der Waals surface area contributed by atoms with Crippen LogP contribution in [0.15, 0.2) is 60.7 Å².